The topological polar surface area (TPSA) is 69.9 Å². The molecule has 0 unspecified atom stereocenters. The van der Waals surface area contributed by atoms with Crippen LogP contribution in [0.2, 0.25) is 0 Å². The van der Waals surface area contributed by atoms with Crippen molar-refractivity contribution in [3.8, 4) is 0 Å². The molecule has 0 bridgehead atoms. The molecule has 0 spiro atoms. The van der Waals surface area contributed by atoms with E-state index in [0.717, 1.165) is 16.3 Å². The van der Waals surface area contributed by atoms with Crippen LogP contribution >= 0.6 is 0 Å². The van der Waals surface area contributed by atoms with Crippen LogP contribution in [0.5, 0.6) is 0 Å². The van der Waals surface area contributed by atoms with E-state index >= 15 is 0 Å². The van der Waals surface area contributed by atoms with Crippen LogP contribution in [0.3, 0.4) is 0 Å². The molecular formula is C7H14N4O2. The normalized spacial score (nSPS) is 17.6. The summed E-state index contributed by atoms with van der Waals surface area (Å²) in [4.78, 5) is 25.4. The van der Waals surface area contributed by atoms with Gasteiger partial charge in [-0.05, 0) is 6.42 Å². The zero-order valence-electron chi connectivity index (χ0n) is 7.86. The maximum atomic E-state index is 11.4. The molecule has 0 aliphatic carbocycles. The fourth-order valence-electron chi connectivity index (χ4n) is 1.23. The molecule has 0 atom stereocenters. The van der Waals surface area contributed by atoms with E-state index in [9.17, 15) is 9.59 Å². The number of carbonyl (C=O) groups excluding carboxylic acids is 2. The zero-order chi connectivity index (χ0) is 10.0. The van der Waals surface area contributed by atoms with Crippen molar-refractivity contribution in [1.29, 1.82) is 0 Å². The monoisotopic (exact) mass is 186 g/mol. The quantitative estimate of drug-likeness (QED) is 0.320. The standard InChI is InChI=1S/C7H14N4O2/c1-9-4-3-5-11(6(9)12)7(13)10(2)8/h3-5,8H2,1-2H3. The minimum atomic E-state index is -0.462. The maximum absolute atomic E-state index is 11.4. The number of rotatable bonds is 0. The second-order valence-corrected chi connectivity index (χ2v) is 3.10. The molecule has 1 aliphatic heterocycles. The lowest BCUT2D eigenvalue weighted by atomic mass is 10.3. The third-order valence-corrected chi connectivity index (χ3v) is 1.97. The number of hydrazine groups is 1. The molecule has 1 fully saturated rings. The molecule has 0 aromatic rings. The summed E-state index contributed by atoms with van der Waals surface area (Å²) in [6, 6.07) is -0.745. The van der Waals surface area contributed by atoms with Crippen LogP contribution in [0.25, 0.3) is 0 Å². The first-order chi connectivity index (χ1) is 6.04. The summed E-state index contributed by atoms with van der Waals surface area (Å²) in [5, 5.41) is 0.914. The Kier molecular flexibility index (Phi) is 2.72. The summed E-state index contributed by atoms with van der Waals surface area (Å²) in [6.07, 6.45) is 0.793. The van der Waals surface area contributed by atoms with E-state index in [-0.39, 0.29) is 6.03 Å². The third kappa shape index (κ3) is 1.89. The Morgan fingerprint density at radius 2 is 2.15 bits per heavy atom. The summed E-state index contributed by atoms with van der Waals surface area (Å²) in [5.74, 6) is 5.25. The van der Waals surface area contributed by atoms with Crippen LogP contribution in [-0.4, -0.2) is 54.1 Å². The first kappa shape index (κ1) is 9.79. The van der Waals surface area contributed by atoms with Gasteiger partial charge in [0.25, 0.3) is 0 Å². The largest absolute Gasteiger partial charge is 0.342 e. The number of hydrogen-bond donors (Lipinski definition) is 1. The zero-order valence-corrected chi connectivity index (χ0v) is 7.86. The highest BCUT2D eigenvalue weighted by atomic mass is 16.2. The third-order valence-electron chi connectivity index (χ3n) is 1.97. The van der Waals surface area contributed by atoms with Gasteiger partial charge in [-0.25, -0.2) is 20.3 Å². The predicted octanol–water partition coefficient (Wildman–Crippen LogP) is -0.331. The molecule has 1 aliphatic rings. The predicted molar refractivity (Wildman–Crippen MR) is 46.7 cm³/mol. The van der Waals surface area contributed by atoms with Gasteiger partial charge in [0.05, 0.1) is 0 Å². The van der Waals surface area contributed by atoms with Gasteiger partial charge in [-0.3, -0.25) is 5.01 Å². The number of amides is 4. The van der Waals surface area contributed by atoms with Gasteiger partial charge in [0.1, 0.15) is 0 Å². The highest BCUT2D eigenvalue weighted by molar-refractivity contribution is 5.93. The Morgan fingerprint density at radius 1 is 1.54 bits per heavy atom. The molecule has 4 amide bonds. The van der Waals surface area contributed by atoms with Crippen molar-refractivity contribution in [2.24, 2.45) is 5.84 Å². The molecule has 74 valence electrons. The van der Waals surface area contributed by atoms with Gasteiger partial charge in [-0.1, -0.05) is 0 Å². The van der Waals surface area contributed by atoms with Gasteiger partial charge in [0.2, 0.25) is 0 Å². The van der Waals surface area contributed by atoms with E-state index in [4.69, 9.17) is 5.84 Å². The molecule has 0 aromatic carbocycles. The van der Waals surface area contributed by atoms with Gasteiger partial charge in [-0.2, -0.15) is 0 Å². The van der Waals surface area contributed by atoms with Crippen LogP contribution in [0, 0.1) is 0 Å². The number of nitrogens with two attached hydrogens (primary N) is 1. The number of imide groups is 1. The lowest BCUT2D eigenvalue weighted by molar-refractivity contribution is 0.129. The average Bonchev–Trinajstić information content (AvgIpc) is 2.08. The van der Waals surface area contributed by atoms with Crippen molar-refractivity contribution in [1.82, 2.24) is 14.8 Å². The van der Waals surface area contributed by atoms with Crippen LogP contribution < -0.4 is 5.84 Å². The number of hydrogen-bond acceptors (Lipinski definition) is 3. The van der Waals surface area contributed by atoms with Crippen LogP contribution in [0.1, 0.15) is 6.42 Å². The molecule has 0 aromatic heterocycles. The molecule has 6 nitrogen and oxygen atoms in total. The molecule has 6 heteroatoms. The van der Waals surface area contributed by atoms with E-state index in [1.807, 2.05) is 0 Å². The second-order valence-electron chi connectivity index (χ2n) is 3.10. The highest BCUT2D eigenvalue weighted by Gasteiger charge is 2.29. The minimum absolute atomic E-state index is 0.284. The van der Waals surface area contributed by atoms with Gasteiger partial charge < -0.3 is 4.90 Å². The van der Waals surface area contributed by atoms with Crippen molar-refractivity contribution < 1.29 is 9.59 Å². The van der Waals surface area contributed by atoms with E-state index in [1.165, 1.54) is 11.9 Å². The number of nitrogens with zero attached hydrogens (tertiary/aromatic N) is 3. The molecule has 2 N–H and O–H groups in total. The summed E-state index contributed by atoms with van der Waals surface area (Å²) in [7, 11) is 3.09. The molecule has 1 heterocycles. The molecule has 13 heavy (non-hydrogen) atoms. The number of carbonyl (C=O) groups is 2. The summed E-state index contributed by atoms with van der Waals surface area (Å²) >= 11 is 0. The molecular weight excluding hydrogens is 172 g/mol. The lowest BCUT2D eigenvalue weighted by Crippen LogP contribution is -2.54. The van der Waals surface area contributed by atoms with Gasteiger partial charge >= 0.3 is 12.1 Å². The molecule has 1 rings (SSSR count). The smallest absolute Gasteiger partial charge is 0.327 e. The SMILES string of the molecule is CN(N)C(=O)N1CCCN(C)C1=O. The van der Waals surface area contributed by atoms with Crippen LogP contribution in [0.15, 0.2) is 0 Å². The van der Waals surface area contributed by atoms with Gasteiger partial charge in [-0.15, -0.1) is 0 Å². The number of urea groups is 2. The molecule has 1 saturated heterocycles. The Balaban J connectivity index is 2.68. The van der Waals surface area contributed by atoms with Crippen molar-refractivity contribution in [3.05, 3.63) is 0 Å². The van der Waals surface area contributed by atoms with Gasteiger partial charge in [0, 0.05) is 27.2 Å². The highest BCUT2D eigenvalue weighted by Crippen LogP contribution is 2.07. The van der Waals surface area contributed by atoms with E-state index < -0.39 is 6.03 Å². The summed E-state index contributed by atoms with van der Waals surface area (Å²) in [5.41, 5.74) is 0. The van der Waals surface area contributed by atoms with Crippen molar-refractivity contribution in [2.45, 2.75) is 6.42 Å². The Hall–Kier alpha value is -1.30. The first-order valence-corrected chi connectivity index (χ1v) is 4.09. The Morgan fingerprint density at radius 3 is 2.69 bits per heavy atom. The minimum Gasteiger partial charge on any atom is -0.327 e. The Labute approximate surface area is 76.8 Å². The van der Waals surface area contributed by atoms with Gasteiger partial charge in [0.15, 0.2) is 0 Å². The first-order valence-electron chi connectivity index (χ1n) is 4.09. The average molecular weight is 186 g/mol. The van der Waals surface area contributed by atoms with E-state index in [0.29, 0.717) is 13.1 Å². The van der Waals surface area contributed by atoms with Crippen LogP contribution in [-0.2, 0) is 0 Å². The van der Waals surface area contributed by atoms with Crippen LogP contribution in [0.4, 0.5) is 9.59 Å². The summed E-state index contributed by atoms with van der Waals surface area (Å²) in [6.45, 7) is 1.14. The van der Waals surface area contributed by atoms with Crippen molar-refractivity contribution >= 4 is 12.1 Å². The van der Waals surface area contributed by atoms with Crippen molar-refractivity contribution in [2.75, 3.05) is 27.2 Å². The van der Waals surface area contributed by atoms with E-state index in [2.05, 4.69) is 0 Å². The second kappa shape index (κ2) is 3.61. The lowest BCUT2D eigenvalue weighted by Gasteiger charge is -2.32. The van der Waals surface area contributed by atoms with E-state index in [1.54, 1.807) is 7.05 Å². The fourth-order valence-corrected chi connectivity index (χ4v) is 1.23. The fraction of sp³-hybridized carbons (Fsp3) is 0.714. The Bertz CT molecular complexity index is 221. The molecule has 0 radical (unpaired) electrons. The summed E-state index contributed by atoms with van der Waals surface area (Å²) < 4.78 is 0. The maximum Gasteiger partial charge on any atom is 0.342 e. The van der Waals surface area contributed by atoms with Crippen molar-refractivity contribution in [3.63, 3.8) is 0 Å². The molecule has 0 saturated carbocycles.